The summed E-state index contributed by atoms with van der Waals surface area (Å²) in [6, 6.07) is 6.83. The lowest BCUT2D eigenvalue weighted by Gasteiger charge is -2.18. The molecule has 8 heteroatoms. The predicted octanol–water partition coefficient (Wildman–Crippen LogP) is 5.28. The Balaban J connectivity index is 2.02. The van der Waals surface area contributed by atoms with Crippen LogP contribution in [0.2, 0.25) is 0 Å². The first-order chi connectivity index (χ1) is 13.7. The molecule has 2 N–H and O–H groups in total. The molecular formula is C21H24Br2N2O4. The number of benzene rings is 2. The van der Waals surface area contributed by atoms with Gasteiger partial charge in [-0.1, -0.05) is 29.8 Å². The average Bonchev–Trinajstić information content (AvgIpc) is 2.67. The first-order valence-electron chi connectivity index (χ1n) is 9.13. The largest absolute Gasteiger partial charge is 0.504 e. The van der Waals surface area contributed by atoms with Gasteiger partial charge in [-0.15, -0.1) is 0 Å². The van der Waals surface area contributed by atoms with Crippen LogP contribution in [0.4, 0.5) is 0 Å². The van der Waals surface area contributed by atoms with E-state index in [0.29, 0.717) is 23.7 Å². The van der Waals surface area contributed by atoms with Gasteiger partial charge in [0.15, 0.2) is 18.1 Å². The first-order valence-corrected chi connectivity index (χ1v) is 10.7. The van der Waals surface area contributed by atoms with Gasteiger partial charge in [-0.25, -0.2) is 5.43 Å². The van der Waals surface area contributed by atoms with E-state index in [1.807, 2.05) is 19.9 Å². The molecule has 156 valence electrons. The van der Waals surface area contributed by atoms with Crippen molar-refractivity contribution in [3.8, 4) is 17.2 Å². The van der Waals surface area contributed by atoms with Gasteiger partial charge >= 0.3 is 0 Å². The number of carbonyl (C=O) groups is 1. The zero-order valence-corrected chi connectivity index (χ0v) is 19.9. The molecule has 2 rings (SSSR count). The minimum Gasteiger partial charge on any atom is -0.504 e. The second kappa shape index (κ2) is 10.6. The number of hydrogen-bond donors (Lipinski definition) is 2. The normalized spacial score (nSPS) is 11.1. The summed E-state index contributed by atoms with van der Waals surface area (Å²) in [7, 11) is 0. The second-order valence-corrected chi connectivity index (χ2v) is 8.26. The zero-order chi connectivity index (χ0) is 21.6. The van der Waals surface area contributed by atoms with Gasteiger partial charge in [0.05, 0.1) is 17.3 Å². The van der Waals surface area contributed by atoms with Crippen molar-refractivity contribution in [3.05, 3.63) is 49.9 Å². The number of phenols is 1. The molecule has 0 atom stereocenters. The van der Waals surface area contributed by atoms with E-state index in [0.717, 1.165) is 20.1 Å². The predicted molar refractivity (Wildman–Crippen MR) is 121 cm³/mol. The van der Waals surface area contributed by atoms with Gasteiger partial charge in [0.1, 0.15) is 5.75 Å². The van der Waals surface area contributed by atoms with Crippen LogP contribution in [-0.2, 0) is 4.79 Å². The highest BCUT2D eigenvalue weighted by Crippen LogP contribution is 2.40. The number of rotatable bonds is 8. The number of hydrogen-bond acceptors (Lipinski definition) is 5. The summed E-state index contributed by atoms with van der Waals surface area (Å²) in [5.41, 5.74) is 5.12. The number of amides is 1. The Labute approximate surface area is 187 Å². The molecule has 2 aromatic rings. The molecule has 0 aliphatic heterocycles. The van der Waals surface area contributed by atoms with Crippen molar-refractivity contribution in [2.75, 3.05) is 13.2 Å². The smallest absolute Gasteiger partial charge is 0.277 e. The zero-order valence-electron chi connectivity index (χ0n) is 16.8. The Morgan fingerprint density at radius 1 is 1.28 bits per heavy atom. The average molecular weight is 528 g/mol. The molecule has 0 aliphatic carbocycles. The molecule has 0 heterocycles. The lowest BCUT2D eigenvalue weighted by Crippen LogP contribution is -2.25. The van der Waals surface area contributed by atoms with Crippen molar-refractivity contribution in [1.29, 1.82) is 0 Å². The van der Waals surface area contributed by atoms with Gasteiger partial charge in [0.2, 0.25) is 0 Å². The number of halogens is 2. The van der Waals surface area contributed by atoms with Gasteiger partial charge in [-0.05, 0) is 76.7 Å². The second-order valence-electron chi connectivity index (χ2n) is 6.61. The van der Waals surface area contributed by atoms with E-state index in [1.165, 1.54) is 12.3 Å². The first kappa shape index (κ1) is 23.2. The summed E-state index contributed by atoms with van der Waals surface area (Å²) in [5.74, 6) is 0.917. The molecule has 0 aliphatic rings. The summed E-state index contributed by atoms with van der Waals surface area (Å²) in [5, 5.41) is 13.7. The van der Waals surface area contributed by atoms with Crippen molar-refractivity contribution in [2.24, 2.45) is 5.10 Å². The fourth-order valence-corrected chi connectivity index (χ4v) is 3.79. The number of nitrogens with zero attached hydrogens (tertiary/aromatic N) is 1. The molecule has 0 spiro atoms. The Morgan fingerprint density at radius 3 is 2.66 bits per heavy atom. The third-order valence-corrected chi connectivity index (χ3v) is 5.87. The Hall–Kier alpha value is -2.06. The lowest BCUT2D eigenvalue weighted by atomic mass is 10.0. The van der Waals surface area contributed by atoms with Crippen LogP contribution in [0.25, 0.3) is 0 Å². The summed E-state index contributed by atoms with van der Waals surface area (Å²) in [6.07, 6.45) is 1.47. The van der Waals surface area contributed by atoms with E-state index in [1.54, 1.807) is 12.1 Å². The molecule has 0 aromatic heterocycles. The summed E-state index contributed by atoms with van der Waals surface area (Å²) >= 11 is 7.11. The molecule has 2 aromatic carbocycles. The topological polar surface area (TPSA) is 80.2 Å². The van der Waals surface area contributed by atoms with Crippen LogP contribution >= 0.6 is 31.9 Å². The summed E-state index contributed by atoms with van der Waals surface area (Å²) < 4.78 is 12.9. The molecular weight excluding hydrogens is 504 g/mol. The highest BCUT2D eigenvalue weighted by Gasteiger charge is 2.17. The summed E-state index contributed by atoms with van der Waals surface area (Å²) in [6.45, 7) is 8.19. The number of carbonyl (C=O) groups excluding carboxylic acids is 1. The van der Waals surface area contributed by atoms with Gasteiger partial charge in [-0.2, -0.15) is 5.10 Å². The molecule has 0 radical (unpaired) electrons. The van der Waals surface area contributed by atoms with E-state index < -0.39 is 0 Å². The van der Waals surface area contributed by atoms with Crippen LogP contribution in [-0.4, -0.2) is 30.4 Å². The van der Waals surface area contributed by atoms with Crippen LogP contribution in [0, 0.1) is 6.92 Å². The maximum Gasteiger partial charge on any atom is 0.277 e. The number of nitrogens with one attached hydrogen (secondary N) is 1. The van der Waals surface area contributed by atoms with Gasteiger partial charge in [0.25, 0.3) is 5.91 Å². The van der Waals surface area contributed by atoms with Crippen molar-refractivity contribution in [2.45, 2.75) is 33.6 Å². The SMILES string of the molecule is CCOc1cc(C=NNC(=O)COc2c(C(C)C)cc(Br)c(C)c2Br)ccc1O. The molecule has 0 unspecified atom stereocenters. The van der Waals surface area contributed by atoms with Crippen LogP contribution in [0.3, 0.4) is 0 Å². The van der Waals surface area contributed by atoms with Crippen LogP contribution < -0.4 is 14.9 Å². The Kier molecular flexibility index (Phi) is 8.52. The number of ether oxygens (including phenoxy) is 2. The monoisotopic (exact) mass is 526 g/mol. The number of hydrazone groups is 1. The van der Waals surface area contributed by atoms with Gasteiger partial charge < -0.3 is 14.6 Å². The minimum atomic E-state index is -0.382. The standard InChI is InChI=1S/C21H24Br2N2O4/c1-5-28-18-8-14(6-7-17(18)26)10-24-25-19(27)11-29-21-15(12(2)3)9-16(22)13(4)20(21)23/h6-10,12,26H,5,11H2,1-4H3,(H,25,27). The van der Waals surface area contributed by atoms with E-state index in [4.69, 9.17) is 9.47 Å². The molecule has 1 amide bonds. The minimum absolute atomic E-state index is 0.0535. The van der Waals surface area contributed by atoms with E-state index in [2.05, 4.69) is 56.2 Å². The van der Waals surface area contributed by atoms with Gasteiger partial charge in [0, 0.05) is 4.47 Å². The van der Waals surface area contributed by atoms with Gasteiger partial charge in [-0.3, -0.25) is 4.79 Å². The molecule has 0 saturated heterocycles. The maximum absolute atomic E-state index is 12.1. The maximum atomic E-state index is 12.1. The Morgan fingerprint density at radius 2 is 2.00 bits per heavy atom. The fourth-order valence-electron chi connectivity index (χ4n) is 2.52. The van der Waals surface area contributed by atoms with Crippen molar-refractivity contribution in [3.63, 3.8) is 0 Å². The lowest BCUT2D eigenvalue weighted by molar-refractivity contribution is -0.123. The molecule has 0 fully saturated rings. The molecule has 0 saturated carbocycles. The quantitative estimate of drug-likeness (QED) is 0.361. The molecule has 29 heavy (non-hydrogen) atoms. The van der Waals surface area contributed by atoms with Crippen molar-refractivity contribution < 1.29 is 19.4 Å². The summed E-state index contributed by atoms with van der Waals surface area (Å²) in [4.78, 5) is 12.1. The van der Waals surface area contributed by atoms with Crippen molar-refractivity contribution >= 4 is 44.0 Å². The van der Waals surface area contributed by atoms with Crippen LogP contribution in [0.5, 0.6) is 17.2 Å². The Bertz CT molecular complexity index is 914. The van der Waals surface area contributed by atoms with Crippen LogP contribution in [0.15, 0.2) is 38.3 Å². The highest BCUT2D eigenvalue weighted by atomic mass is 79.9. The third-order valence-electron chi connectivity index (χ3n) is 4.09. The van der Waals surface area contributed by atoms with E-state index >= 15 is 0 Å². The van der Waals surface area contributed by atoms with Crippen LogP contribution in [0.1, 0.15) is 43.4 Å². The highest BCUT2D eigenvalue weighted by molar-refractivity contribution is 9.11. The third kappa shape index (κ3) is 6.21. The van der Waals surface area contributed by atoms with Crippen molar-refractivity contribution in [1.82, 2.24) is 5.43 Å². The van der Waals surface area contributed by atoms with E-state index in [-0.39, 0.29) is 24.2 Å². The molecule has 0 bridgehead atoms. The van der Waals surface area contributed by atoms with E-state index in [9.17, 15) is 9.90 Å². The fraction of sp³-hybridized carbons (Fsp3) is 0.333. The number of aromatic hydroxyl groups is 1. The molecule has 6 nitrogen and oxygen atoms in total. The number of phenolic OH excluding ortho intramolecular Hbond substituents is 1.